The van der Waals surface area contributed by atoms with Crippen molar-refractivity contribution in [3.63, 3.8) is 0 Å². The highest BCUT2D eigenvalue weighted by molar-refractivity contribution is 5.79. The van der Waals surface area contributed by atoms with Crippen molar-refractivity contribution in [1.29, 1.82) is 0 Å². The molecular formula is C13H18FN3O. The number of aromatic nitrogens is 2. The summed E-state index contributed by atoms with van der Waals surface area (Å²) in [5.74, 6) is 0.482. The number of halogens is 1. The summed E-state index contributed by atoms with van der Waals surface area (Å²) in [5, 5.41) is 0. The van der Waals surface area contributed by atoms with Gasteiger partial charge in [-0.3, -0.25) is 0 Å². The number of rotatable bonds is 4. The van der Waals surface area contributed by atoms with Crippen LogP contribution in [0.15, 0.2) is 12.1 Å². The maximum atomic E-state index is 13.5. The molecule has 0 fully saturated rings. The van der Waals surface area contributed by atoms with E-state index in [1.54, 1.807) is 20.1 Å². The van der Waals surface area contributed by atoms with E-state index in [9.17, 15) is 4.39 Å². The van der Waals surface area contributed by atoms with Gasteiger partial charge >= 0.3 is 0 Å². The van der Waals surface area contributed by atoms with Gasteiger partial charge in [-0.2, -0.15) is 0 Å². The fourth-order valence-electron chi connectivity index (χ4n) is 2.11. The Labute approximate surface area is 106 Å². The van der Waals surface area contributed by atoms with Crippen LogP contribution in [0.3, 0.4) is 0 Å². The molecule has 0 radical (unpaired) electrons. The standard InChI is InChI=1S/C13H18FN3O/c1-8(7-18-3)6-17-12-4-9(2)10(14)5-11(12)16-13(17)15/h4-5,8H,6-7H2,1-3H3,(H2,15,16). The van der Waals surface area contributed by atoms with E-state index in [-0.39, 0.29) is 5.82 Å². The largest absolute Gasteiger partial charge is 0.384 e. The van der Waals surface area contributed by atoms with Gasteiger partial charge in [0.15, 0.2) is 0 Å². The molecule has 1 aromatic heterocycles. The first-order chi connectivity index (χ1) is 8.52. The van der Waals surface area contributed by atoms with E-state index in [2.05, 4.69) is 11.9 Å². The quantitative estimate of drug-likeness (QED) is 0.907. The van der Waals surface area contributed by atoms with E-state index in [1.807, 2.05) is 4.57 Å². The zero-order chi connectivity index (χ0) is 13.3. The van der Waals surface area contributed by atoms with Gasteiger partial charge in [0.1, 0.15) is 5.82 Å². The van der Waals surface area contributed by atoms with Crippen LogP contribution in [0.25, 0.3) is 11.0 Å². The second-order valence-electron chi connectivity index (χ2n) is 4.73. The predicted octanol–water partition coefficient (Wildman–Crippen LogP) is 2.35. The van der Waals surface area contributed by atoms with Gasteiger partial charge in [0.05, 0.1) is 17.6 Å². The molecule has 0 aliphatic carbocycles. The maximum Gasteiger partial charge on any atom is 0.201 e. The number of imidazole rings is 1. The number of nitrogens with two attached hydrogens (primary N) is 1. The number of aryl methyl sites for hydroxylation is 1. The Hall–Kier alpha value is -1.62. The normalized spacial score (nSPS) is 13.1. The molecule has 1 atom stereocenters. The minimum atomic E-state index is -0.253. The van der Waals surface area contributed by atoms with Crippen molar-refractivity contribution in [2.24, 2.45) is 5.92 Å². The number of nitrogen functional groups attached to an aromatic ring is 1. The number of methoxy groups -OCH3 is 1. The Kier molecular flexibility index (Phi) is 3.52. The van der Waals surface area contributed by atoms with Crippen molar-refractivity contribution >= 4 is 17.0 Å². The summed E-state index contributed by atoms with van der Waals surface area (Å²) in [6.07, 6.45) is 0. The molecule has 98 valence electrons. The average Bonchev–Trinajstić information content (AvgIpc) is 2.57. The molecule has 1 unspecified atom stereocenters. The van der Waals surface area contributed by atoms with Crippen molar-refractivity contribution in [1.82, 2.24) is 9.55 Å². The Morgan fingerprint density at radius 3 is 2.89 bits per heavy atom. The Morgan fingerprint density at radius 2 is 2.22 bits per heavy atom. The predicted molar refractivity (Wildman–Crippen MR) is 69.9 cm³/mol. The molecular weight excluding hydrogens is 233 g/mol. The molecule has 2 N–H and O–H groups in total. The molecule has 0 aliphatic rings. The Balaban J connectivity index is 2.43. The molecule has 0 spiro atoms. The summed E-state index contributed by atoms with van der Waals surface area (Å²) in [6.45, 7) is 5.17. The lowest BCUT2D eigenvalue weighted by Gasteiger charge is -2.13. The summed E-state index contributed by atoms with van der Waals surface area (Å²) in [5.41, 5.74) is 7.95. The minimum Gasteiger partial charge on any atom is -0.384 e. The number of hydrogen-bond acceptors (Lipinski definition) is 3. The minimum absolute atomic E-state index is 0.253. The summed E-state index contributed by atoms with van der Waals surface area (Å²) in [4.78, 5) is 4.19. The van der Waals surface area contributed by atoms with Crippen molar-refractivity contribution in [3.05, 3.63) is 23.5 Å². The van der Waals surface area contributed by atoms with Gasteiger partial charge in [-0.05, 0) is 24.5 Å². The van der Waals surface area contributed by atoms with Gasteiger partial charge in [-0.15, -0.1) is 0 Å². The molecule has 18 heavy (non-hydrogen) atoms. The van der Waals surface area contributed by atoms with Crippen LogP contribution in [-0.2, 0) is 11.3 Å². The fourth-order valence-corrected chi connectivity index (χ4v) is 2.11. The van der Waals surface area contributed by atoms with E-state index < -0.39 is 0 Å². The van der Waals surface area contributed by atoms with Crippen LogP contribution in [-0.4, -0.2) is 23.3 Å². The Morgan fingerprint density at radius 1 is 1.50 bits per heavy atom. The van der Waals surface area contributed by atoms with Crippen molar-refractivity contribution < 1.29 is 9.13 Å². The van der Waals surface area contributed by atoms with Gasteiger partial charge in [0, 0.05) is 19.7 Å². The second-order valence-corrected chi connectivity index (χ2v) is 4.73. The SMILES string of the molecule is COCC(C)Cn1c(N)nc2cc(F)c(C)cc21. The third-order valence-electron chi connectivity index (χ3n) is 3.00. The van der Waals surface area contributed by atoms with E-state index >= 15 is 0 Å². The molecule has 0 bridgehead atoms. The van der Waals surface area contributed by atoms with Gasteiger partial charge in [-0.25, -0.2) is 9.37 Å². The van der Waals surface area contributed by atoms with Crippen LogP contribution in [0.4, 0.5) is 10.3 Å². The fraction of sp³-hybridized carbons (Fsp3) is 0.462. The van der Waals surface area contributed by atoms with Crippen LogP contribution in [0.1, 0.15) is 12.5 Å². The van der Waals surface area contributed by atoms with E-state index in [1.165, 1.54) is 6.07 Å². The van der Waals surface area contributed by atoms with Crippen LogP contribution in [0, 0.1) is 18.7 Å². The number of anilines is 1. The van der Waals surface area contributed by atoms with Gasteiger partial charge < -0.3 is 15.0 Å². The zero-order valence-corrected chi connectivity index (χ0v) is 10.9. The van der Waals surface area contributed by atoms with Gasteiger partial charge in [-0.1, -0.05) is 6.92 Å². The topological polar surface area (TPSA) is 53.1 Å². The zero-order valence-electron chi connectivity index (χ0n) is 10.9. The van der Waals surface area contributed by atoms with Crippen LogP contribution in [0.5, 0.6) is 0 Å². The molecule has 0 saturated heterocycles. The molecule has 0 amide bonds. The summed E-state index contributed by atoms with van der Waals surface area (Å²) in [7, 11) is 1.67. The second kappa shape index (κ2) is 4.94. The number of hydrogen-bond donors (Lipinski definition) is 1. The van der Waals surface area contributed by atoms with E-state index in [0.29, 0.717) is 36.1 Å². The first kappa shape index (κ1) is 12.8. The molecule has 1 heterocycles. The monoisotopic (exact) mass is 251 g/mol. The highest BCUT2D eigenvalue weighted by atomic mass is 19.1. The molecule has 2 rings (SSSR count). The summed E-state index contributed by atoms with van der Waals surface area (Å²) >= 11 is 0. The molecule has 1 aromatic carbocycles. The lowest BCUT2D eigenvalue weighted by Crippen LogP contribution is -2.14. The molecule has 0 saturated carbocycles. The van der Waals surface area contributed by atoms with Crippen LogP contribution >= 0.6 is 0 Å². The Bertz CT molecular complexity index is 565. The summed E-state index contributed by atoms with van der Waals surface area (Å²) in [6, 6.07) is 3.21. The number of ether oxygens (including phenoxy) is 1. The lowest BCUT2D eigenvalue weighted by atomic mass is 10.2. The number of nitrogens with zero attached hydrogens (tertiary/aromatic N) is 2. The van der Waals surface area contributed by atoms with Gasteiger partial charge in [0.25, 0.3) is 0 Å². The van der Waals surface area contributed by atoms with E-state index in [0.717, 1.165) is 5.52 Å². The number of benzene rings is 1. The average molecular weight is 251 g/mol. The summed E-state index contributed by atoms with van der Waals surface area (Å²) < 4.78 is 20.5. The number of fused-ring (bicyclic) bond motifs is 1. The highest BCUT2D eigenvalue weighted by Gasteiger charge is 2.13. The highest BCUT2D eigenvalue weighted by Crippen LogP contribution is 2.22. The molecule has 0 aliphatic heterocycles. The maximum absolute atomic E-state index is 13.5. The molecule has 5 heteroatoms. The lowest BCUT2D eigenvalue weighted by molar-refractivity contribution is 0.152. The van der Waals surface area contributed by atoms with Gasteiger partial charge in [0.2, 0.25) is 5.95 Å². The molecule has 4 nitrogen and oxygen atoms in total. The first-order valence-electron chi connectivity index (χ1n) is 5.93. The van der Waals surface area contributed by atoms with Crippen molar-refractivity contribution in [2.75, 3.05) is 19.5 Å². The third-order valence-corrected chi connectivity index (χ3v) is 3.00. The van der Waals surface area contributed by atoms with Crippen molar-refractivity contribution in [3.8, 4) is 0 Å². The van der Waals surface area contributed by atoms with Crippen LogP contribution < -0.4 is 5.73 Å². The first-order valence-corrected chi connectivity index (χ1v) is 5.93. The third kappa shape index (κ3) is 2.31. The van der Waals surface area contributed by atoms with Crippen LogP contribution in [0.2, 0.25) is 0 Å². The van der Waals surface area contributed by atoms with Crippen molar-refractivity contribution in [2.45, 2.75) is 20.4 Å². The van der Waals surface area contributed by atoms with E-state index in [4.69, 9.17) is 10.5 Å². The smallest absolute Gasteiger partial charge is 0.201 e. The molecule has 2 aromatic rings.